The zero-order valence-corrected chi connectivity index (χ0v) is 12.6. The first-order chi connectivity index (χ1) is 8.74. The zero-order chi connectivity index (χ0) is 12.8. The molecule has 94 valence electrons. The molecule has 0 aliphatic carbocycles. The van der Waals surface area contributed by atoms with Crippen molar-refractivity contribution in [2.75, 3.05) is 6.61 Å². The van der Waals surface area contributed by atoms with Crippen LogP contribution in [0.3, 0.4) is 0 Å². The van der Waals surface area contributed by atoms with E-state index in [0.29, 0.717) is 0 Å². The molecule has 0 radical (unpaired) electrons. The van der Waals surface area contributed by atoms with E-state index < -0.39 is 9.76 Å². The lowest BCUT2D eigenvalue weighted by Gasteiger charge is -2.06. The second-order valence-electron chi connectivity index (χ2n) is 4.78. The Bertz CT molecular complexity index is 473. The van der Waals surface area contributed by atoms with E-state index in [-0.39, 0.29) is 0 Å². The van der Waals surface area contributed by atoms with E-state index >= 15 is 0 Å². The van der Waals surface area contributed by atoms with E-state index in [2.05, 4.69) is 62.4 Å². The number of benzene rings is 2. The van der Waals surface area contributed by atoms with Crippen LogP contribution < -0.4 is 5.19 Å². The number of aryl methyl sites for hydroxylation is 2. The van der Waals surface area contributed by atoms with Gasteiger partial charge in [0.15, 0.2) is 9.76 Å². The van der Waals surface area contributed by atoms with Crippen molar-refractivity contribution < 1.29 is 4.43 Å². The largest absolute Gasteiger partial charge is 0.418 e. The molecular formula is C16H20OSi. The molecule has 2 aromatic rings. The summed E-state index contributed by atoms with van der Waals surface area (Å²) in [5, 5.41) is 1.40. The third-order valence-electron chi connectivity index (χ3n) is 2.93. The second-order valence-corrected chi connectivity index (χ2v) is 6.30. The molecule has 0 amide bonds. The van der Waals surface area contributed by atoms with Crippen LogP contribution in [0.15, 0.2) is 48.5 Å². The molecule has 0 unspecified atom stereocenters. The fraction of sp³-hybridized carbons (Fsp3) is 0.250. The smallest absolute Gasteiger partial charge is 0.192 e. The maximum absolute atomic E-state index is 5.87. The first-order valence-corrected chi connectivity index (χ1v) is 7.71. The van der Waals surface area contributed by atoms with Gasteiger partial charge in [-0.15, -0.1) is 0 Å². The minimum atomic E-state index is -0.570. The molecule has 0 saturated carbocycles. The summed E-state index contributed by atoms with van der Waals surface area (Å²) in [6, 6.07) is 17.2. The molecule has 0 N–H and O–H groups in total. The Kier molecular flexibility index (Phi) is 4.73. The third-order valence-corrected chi connectivity index (χ3v) is 4.16. The number of hydrogen-bond acceptors (Lipinski definition) is 1. The Hall–Kier alpha value is -1.38. The summed E-state index contributed by atoms with van der Waals surface area (Å²) in [6.45, 7) is 5.13. The molecule has 0 saturated heterocycles. The molecule has 0 aliphatic heterocycles. The molecule has 0 aromatic heterocycles. The normalized spacial score (nSPS) is 11.2. The Balaban J connectivity index is 1.78. The summed E-state index contributed by atoms with van der Waals surface area (Å²) in [7, 11) is -0.570. The van der Waals surface area contributed by atoms with Gasteiger partial charge in [-0.3, -0.25) is 0 Å². The average molecular weight is 256 g/mol. The van der Waals surface area contributed by atoms with E-state index in [1.165, 1.54) is 21.9 Å². The lowest BCUT2D eigenvalue weighted by Crippen LogP contribution is -2.19. The molecular weight excluding hydrogens is 236 g/mol. The Morgan fingerprint density at radius 1 is 0.944 bits per heavy atom. The van der Waals surface area contributed by atoms with Gasteiger partial charge in [0.25, 0.3) is 0 Å². The van der Waals surface area contributed by atoms with Crippen LogP contribution in [0.2, 0.25) is 0 Å². The average Bonchev–Trinajstić information content (AvgIpc) is 2.35. The van der Waals surface area contributed by atoms with E-state index in [1.54, 1.807) is 0 Å². The zero-order valence-electron chi connectivity index (χ0n) is 11.1. The molecule has 0 bridgehead atoms. The standard InChI is InChI=1S/C16H20OSi/c1-13-10-14(2)12-16(11-13)18-17-9-8-15-6-4-3-5-7-15/h3-7,10-12H,8-9,18H2,1-2H3. The summed E-state index contributed by atoms with van der Waals surface area (Å²) in [5.74, 6) is 0. The maximum atomic E-state index is 5.87. The van der Waals surface area contributed by atoms with Crippen molar-refractivity contribution >= 4 is 14.9 Å². The van der Waals surface area contributed by atoms with Crippen molar-refractivity contribution in [2.45, 2.75) is 20.3 Å². The third kappa shape index (κ3) is 4.13. The SMILES string of the molecule is Cc1cc(C)cc([SiH2]OCCc2ccccc2)c1. The van der Waals surface area contributed by atoms with Crippen molar-refractivity contribution in [3.05, 3.63) is 65.2 Å². The van der Waals surface area contributed by atoms with Gasteiger partial charge >= 0.3 is 0 Å². The van der Waals surface area contributed by atoms with E-state index in [0.717, 1.165) is 13.0 Å². The molecule has 0 aliphatic rings. The molecule has 0 heterocycles. The Morgan fingerprint density at radius 3 is 2.28 bits per heavy atom. The highest BCUT2D eigenvalue weighted by Crippen LogP contribution is 2.01. The van der Waals surface area contributed by atoms with Crippen LogP contribution in [-0.2, 0) is 10.8 Å². The number of rotatable bonds is 5. The summed E-state index contributed by atoms with van der Waals surface area (Å²) < 4.78 is 5.87. The minimum absolute atomic E-state index is 0.570. The van der Waals surface area contributed by atoms with E-state index in [9.17, 15) is 0 Å². The van der Waals surface area contributed by atoms with Crippen LogP contribution in [-0.4, -0.2) is 16.4 Å². The topological polar surface area (TPSA) is 9.23 Å². The molecule has 18 heavy (non-hydrogen) atoms. The summed E-state index contributed by atoms with van der Waals surface area (Å²) in [6.07, 6.45) is 1.01. The van der Waals surface area contributed by atoms with Crippen molar-refractivity contribution in [2.24, 2.45) is 0 Å². The van der Waals surface area contributed by atoms with Gasteiger partial charge in [-0.2, -0.15) is 0 Å². The highest BCUT2D eigenvalue weighted by molar-refractivity contribution is 6.46. The first-order valence-electron chi connectivity index (χ1n) is 6.43. The fourth-order valence-electron chi connectivity index (χ4n) is 2.18. The summed E-state index contributed by atoms with van der Waals surface area (Å²) in [4.78, 5) is 0. The molecule has 2 aromatic carbocycles. The van der Waals surface area contributed by atoms with Gasteiger partial charge in [0.2, 0.25) is 0 Å². The van der Waals surface area contributed by atoms with E-state index in [4.69, 9.17) is 4.43 Å². The lowest BCUT2D eigenvalue weighted by molar-refractivity contribution is 0.346. The van der Waals surface area contributed by atoms with Gasteiger partial charge in [0.05, 0.1) is 0 Å². The van der Waals surface area contributed by atoms with Crippen molar-refractivity contribution in [1.82, 2.24) is 0 Å². The summed E-state index contributed by atoms with van der Waals surface area (Å²) >= 11 is 0. The van der Waals surface area contributed by atoms with Gasteiger partial charge in [-0.25, -0.2) is 0 Å². The number of hydrogen-bond donors (Lipinski definition) is 0. The summed E-state index contributed by atoms with van der Waals surface area (Å²) in [5.41, 5.74) is 4.03. The molecule has 1 nitrogen and oxygen atoms in total. The molecule has 2 heteroatoms. The van der Waals surface area contributed by atoms with Crippen LogP contribution in [0.1, 0.15) is 16.7 Å². The predicted molar refractivity (Wildman–Crippen MR) is 80.2 cm³/mol. The highest BCUT2D eigenvalue weighted by Gasteiger charge is 1.98. The fourth-order valence-corrected chi connectivity index (χ4v) is 3.51. The van der Waals surface area contributed by atoms with Crippen LogP contribution in [0.25, 0.3) is 0 Å². The van der Waals surface area contributed by atoms with Gasteiger partial charge in [0, 0.05) is 6.61 Å². The minimum Gasteiger partial charge on any atom is -0.418 e. The molecule has 0 atom stereocenters. The monoisotopic (exact) mass is 256 g/mol. The van der Waals surface area contributed by atoms with Crippen molar-refractivity contribution in [3.63, 3.8) is 0 Å². The van der Waals surface area contributed by atoms with Gasteiger partial charge in [-0.05, 0) is 31.0 Å². The van der Waals surface area contributed by atoms with Gasteiger partial charge < -0.3 is 4.43 Å². The van der Waals surface area contributed by atoms with Gasteiger partial charge in [0.1, 0.15) is 0 Å². The molecule has 0 spiro atoms. The lowest BCUT2D eigenvalue weighted by atomic mass is 10.2. The van der Waals surface area contributed by atoms with E-state index in [1.807, 2.05) is 0 Å². The second kappa shape index (κ2) is 6.52. The Labute approximate surface area is 112 Å². The maximum Gasteiger partial charge on any atom is 0.192 e. The van der Waals surface area contributed by atoms with Crippen LogP contribution in [0.4, 0.5) is 0 Å². The first kappa shape index (κ1) is 13.1. The van der Waals surface area contributed by atoms with Crippen LogP contribution in [0, 0.1) is 13.8 Å². The van der Waals surface area contributed by atoms with Crippen LogP contribution in [0.5, 0.6) is 0 Å². The predicted octanol–water partition coefficient (Wildman–Crippen LogP) is 2.27. The molecule has 2 rings (SSSR count). The van der Waals surface area contributed by atoms with Gasteiger partial charge in [-0.1, -0.05) is 59.7 Å². The van der Waals surface area contributed by atoms with Crippen molar-refractivity contribution in [3.8, 4) is 0 Å². The van der Waals surface area contributed by atoms with Crippen LogP contribution >= 0.6 is 0 Å². The Morgan fingerprint density at radius 2 is 1.61 bits per heavy atom. The quantitative estimate of drug-likeness (QED) is 0.589. The molecule has 0 fully saturated rings. The highest BCUT2D eigenvalue weighted by atomic mass is 28.2. The van der Waals surface area contributed by atoms with Crippen molar-refractivity contribution in [1.29, 1.82) is 0 Å².